The number of hydrogen-bond acceptors (Lipinski definition) is 5. The maximum Gasteiger partial charge on any atom is 0.226 e. The summed E-state index contributed by atoms with van der Waals surface area (Å²) >= 11 is 0. The molecule has 0 amide bonds. The van der Waals surface area contributed by atoms with Gasteiger partial charge in [0.05, 0.1) is 12.3 Å². The Morgan fingerprint density at radius 1 is 1.16 bits per heavy atom. The van der Waals surface area contributed by atoms with Crippen LogP contribution in [0.2, 0.25) is 0 Å². The van der Waals surface area contributed by atoms with Crippen molar-refractivity contribution < 1.29 is 13.9 Å². The zero-order valence-electron chi connectivity index (χ0n) is 18.5. The maximum atomic E-state index is 11.9. The summed E-state index contributed by atoms with van der Waals surface area (Å²) in [5.74, 6) is 2.48. The molecule has 1 aliphatic heterocycles. The molecule has 5 nitrogen and oxygen atoms in total. The van der Waals surface area contributed by atoms with Gasteiger partial charge in [-0.25, -0.2) is 4.98 Å². The van der Waals surface area contributed by atoms with Gasteiger partial charge in [-0.1, -0.05) is 30.3 Å². The number of nitrogens with one attached hydrogen (secondary N) is 1. The first-order chi connectivity index (χ1) is 15.1. The molecule has 1 aromatic heterocycles. The summed E-state index contributed by atoms with van der Waals surface area (Å²) < 4.78 is 11.8. The molecule has 0 fully saturated rings. The second-order valence-electron chi connectivity index (χ2n) is 7.88. The van der Waals surface area contributed by atoms with Crippen molar-refractivity contribution in [2.45, 2.75) is 33.1 Å². The number of halogens is 1. The maximum absolute atomic E-state index is 11.9. The average molecular weight is 453 g/mol. The zero-order chi connectivity index (χ0) is 21.6. The lowest BCUT2D eigenvalue weighted by Gasteiger charge is -2.20. The van der Waals surface area contributed by atoms with E-state index in [0.717, 1.165) is 59.8 Å². The van der Waals surface area contributed by atoms with Crippen LogP contribution in [0.15, 0.2) is 70.2 Å². The van der Waals surface area contributed by atoms with E-state index in [0.29, 0.717) is 18.9 Å². The first kappa shape index (κ1) is 23.8. The first-order valence-electron chi connectivity index (χ1n) is 10.8. The predicted octanol–water partition coefficient (Wildman–Crippen LogP) is 5.11. The number of carbonyl (C=O) groups excluding carboxylic acids is 1. The number of Topliss-reactive ketones (excluding diaryl/α,β-unsaturated/α-hetero) is 1. The van der Waals surface area contributed by atoms with Crippen molar-refractivity contribution in [1.29, 1.82) is 0 Å². The number of carbonyl (C=O) groups is 1. The van der Waals surface area contributed by atoms with Gasteiger partial charge >= 0.3 is 0 Å². The standard InChI is InChI=1S/C26H28N2O3.ClH/c1-18(29)24-11-13-27-17-22(24)15-20-7-6-10-23(16-20)30-14-12-25-19(2)31-26(28-25)21-8-4-3-5-9-21;/h3-10,16,27H,11-15,17H2,1-2H3;1H. The van der Waals surface area contributed by atoms with Gasteiger partial charge in [-0.2, -0.15) is 0 Å². The second-order valence-corrected chi connectivity index (χ2v) is 7.88. The van der Waals surface area contributed by atoms with E-state index in [4.69, 9.17) is 9.15 Å². The largest absolute Gasteiger partial charge is 0.493 e. The van der Waals surface area contributed by atoms with E-state index < -0.39 is 0 Å². The summed E-state index contributed by atoms with van der Waals surface area (Å²) in [6.45, 7) is 5.77. The third kappa shape index (κ3) is 5.87. The van der Waals surface area contributed by atoms with Crippen molar-refractivity contribution in [2.24, 2.45) is 0 Å². The van der Waals surface area contributed by atoms with Crippen LogP contribution in [0.25, 0.3) is 11.5 Å². The number of aromatic nitrogens is 1. The molecule has 168 valence electrons. The molecule has 3 aromatic rings. The smallest absolute Gasteiger partial charge is 0.226 e. The molecule has 0 spiro atoms. The normalized spacial score (nSPS) is 13.6. The molecule has 1 aliphatic rings. The highest BCUT2D eigenvalue weighted by Crippen LogP contribution is 2.23. The number of benzene rings is 2. The minimum Gasteiger partial charge on any atom is -0.493 e. The fourth-order valence-corrected chi connectivity index (χ4v) is 3.95. The van der Waals surface area contributed by atoms with Gasteiger partial charge in [-0.05, 0) is 74.2 Å². The highest BCUT2D eigenvalue weighted by molar-refractivity contribution is 5.94. The molecule has 2 heterocycles. The van der Waals surface area contributed by atoms with E-state index in [1.807, 2.05) is 49.4 Å². The highest BCUT2D eigenvalue weighted by atomic mass is 35.5. The van der Waals surface area contributed by atoms with Crippen LogP contribution in [0.4, 0.5) is 0 Å². The van der Waals surface area contributed by atoms with E-state index in [-0.39, 0.29) is 18.2 Å². The summed E-state index contributed by atoms with van der Waals surface area (Å²) in [7, 11) is 0. The van der Waals surface area contributed by atoms with Crippen molar-refractivity contribution >= 4 is 18.2 Å². The lowest BCUT2D eigenvalue weighted by Crippen LogP contribution is -2.28. The topological polar surface area (TPSA) is 64.4 Å². The number of nitrogens with zero attached hydrogens (tertiary/aromatic N) is 1. The van der Waals surface area contributed by atoms with Crippen LogP contribution in [0.5, 0.6) is 5.75 Å². The van der Waals surface area contributed by atoms with Crippen LogP contribution < -0.4 is 10.1 Å². The third-order valence-corrected chi connectivity index (χ3v) is 5.58. The van der Waals surface area contributed by atoms with Gasteiger partial charge in [0.15, 0.2) is 5.78 Å². The molecule has 0 radical (unpaired) electrons. The van der Waals surface area contributed by atoms with E-state index in [9.17, 15) is 4.79 Å². The van der Waals surface area contributed by atoms with E-state index >= 15 is 0 Å². The van der Waals surface area contributed by atoms with E-state index in [1.54, 1.807) is 6.92 Å². The van der Waals surface area contributed by atoms with Gasteiger partial charge in [0.25, 0.3) is 0 Å². The number of hydrogen-bond donors (Lipinski definition) is 1. The van der Waals surface area contributed by atoms with Gasteiger partial charge in [-0.15, -0.1) is 12.4 Å². The summed E-state index contributed by atoms with van der Waals surface area (Å²) in [6.07, 6.45) is 2.25. The zero-order valence-corrected chi connectivity index (χ0v) is 19.3. The fraction of sp³-hybridized carbons (Fsp3) is 0.308. The Kier molecular flexibility index (Phi) is 8.26. The number of aryl methyl sites for hydroxylation is 1. The number of rotatable bonds is 8. The SMILES string of the molecule is CC(=O)C1=C(Cc2cccc(OCCc3nc(-c4ccccc4)oc3C)c2)CNCC1.Cl. The fourth-order valence-electron chi connectivity index (χ4n) is 3.95. The average Bonchev–Trinajstić information content (AvgIpc) is 3.15. The molecule has 0 saturated carbocycles. The molecule has 1 N–H and O–H groups in total. The van der Waals surface area contributed by atoms with Crippen LogP contribution in [-0.2, 0) is 17.6 Å². The Balaban J connectivity index is 0.00000289. The Bertz CT molecular complexity index is 1090. The summed E-state index contributed by atoms with van der Waals surface area (Å²) in [5, 5.41) is 3.37. The quantitative estimate of drug-likeness (QED) is 0.514. The molecule has 4 rings (SSSR count). The highest BCUT2D eigenvalue weighted by Gasteiger charge is 2.16. The second kappa shape index (κ2) is 11.1. The minimum atomic E-state index is 0. The van der Waals surface area contributed by atoms with Crippen molar-refractivity contribution in [2.75, 3.05) is 19.7 Å². The van der Waals surface area contributed by atoms with Crippen LogP contribution in [0.3, 0.4) is 0 Å². The molecule has 0 atom stereocenters. The minimum absolute atomic E-state index is 0. The van der Waals surface area contributed by atoms with Gasteiger partial charge in [0, 0.05) is 18.5 Å². The Morgan fingerprint density at radius 2 is 1.97 bits per heavy atom. The van der Waals surface area contributed by atoms with E-state index in [1.165, 1.54) is 5.57 Å². The van der Waals surface area contributed by atoms with Gasteiger partial charge in [-0.3, -0.25) is 4.79 Å². The van der Waals surface area contributed by atoms with Crippen molar-refractivity contribution in [3.63, 3.8) is 0 Å². The lowest BCUT2D eigenvalue weighted by molar-refractivity contribution is -0.113. The molecule has 32 heavy (non-hydrogen) atoms. The van der Waals surface area contributed by atoms with Gasteiger partial charge in [0.1, 0.15) is 11.5 Å². The van der Waals surface area contributed by atoms with Crippen molar-refractivity contribution in [1.82, 2.24) is 10.3 Å². The number of ketones is 1. The van der Waals surface area contributed by atoms with Crippen LogP contribution in [0, 0.1) is 6.92 Å². The number of ether oxygens (including phenoxy) is 1. The first-order valence-corrected chi connectivity index (χ1v) is 10.8. The van der Waals surface area contributed by atoms with Gasteiger partial charge < -0.3 is 14.5 Å². The molecule has 0 bridgehead atoms. The monoisotopic (exact) mass is 452 g/mol. The van der Waals surface area contributed by atoms with E-state index in [2.05, 4.69) is 22.4 Å². The molecule has 6 heteroatoms. The molecule has 0 saturated heterocycles. The Morgan fingerprint density at radius 3 is 2.75 bits per heavy atom. The number of oxazole rings is 1. The molecule has 0 aliphatic carbocycles. The summed E-state index contributed by atoms with van der Waals surface area (Å²) in [6, 6.07) is 18.0. The Labute approximate surface area is 195 Å². The Hall–Kier alpha value is -2.89. The van der Waals surface area contributed by atoms with Crippen LogP contribution >= 0.6 is 12.4 Å². The van der Waals surface area contributed by atoms with Crippen LogP contribution in [-0.4, -0.2) is 30.5 Å². The molecule has 0 unspecified atom stereocenters. The predicted molar refractivity (Wildman–Crippen MR) is 128 cm³/mol. The van der Waals surface area contributed by atoms with Crippen LogP contribution in [0.1, 0.15) is 30.4 Å². The van der Waals surface area contributed by atoms with Crippen molar-refractivity contribution in [3.8, 4) is 17.2 Å². The molecular weight excluding hydrogens is 424 g/mol. The summed E-state index contributed by atoms with van der Waals surface area (Å²) in [4.78, 5) is 16.6. The summed E-state index contributed by atoms with van der Waals surface area (Å²) in [5.41, 5.74) is 5.20. The molecular formula is C26H29ClN2O3. The van der Waals surface area contributed by atoms with Crippen molar-refractivity contribution in [3.05, 3.63) is 82.8 Å². The molecule has 2 aromatic carbocycles. The van der Waals surface area contributed by atoms with Gasteiger partial charge in [0.2, 0.25) is 5.89 Å². The third-order valence-electron chi connectivity index (χ3n) is 5.58. The lowest BCUT2D eigenvalue weighted by atomic mass is 9.93.